The summed E-state index contributed by atoms with van der Waals surface area (Å²) in [5.74, 6) is 0.510. The summed E-state index contributed by atoms with van der Waals surface area (Å²) < 4.78 is 6.14. The molecule has 1 N–H and O–H groups in total. The van der Waals surface area contributed by atoms with Gasteiger partial charge in [0.05, 0.1) is 0 Å². The third-order valence-electron chi connectivity index (χ3n) is 3.04. The summed E-state index contributed by atoms with van der Waals surface area (Å²) in [5.41, 5.74) is 2.01. The zero-order valence-electron chi connectivity index (χ0n) is 11.9. The first-order valence-electron chi connectivity index (χ1n) is 7.00. The van der Waals surface area contributed by atoms with Crippen LogP contribution in [0.1, 0.15) is 25.3 Å². The molecule has 0 saturated carbocycles. The molecule has 0 aromatic heterocycles. The van der Waals surface area contributed by atoms with Crippen LogP contribution < -0.4 is 10.1 Å². The Morgan fingerprint density at radius 1 is 1.10 bits per heavy atom. The van der Waals surface area contributed by atoms with Crippen LogP contribution in [0.2, 0.25) is 0 Å². The van der Waals surface area contributed by atoms with Crippen molar-refractivity contribution >= 4 is 27.7 Å². The second-order valence-corrected chi connectivity index (χ2v) is 5.68. The van der Waals surface area contributed by atoms with Crippen LogP contribution in [0.4, 0.5) is 10.5 Å². The molecule has 4 heteroatoms. The van der Waals surface area contributed by atoms with Gasteiger partial charge in [-0.25, -0.2) is 4.79 Å². The number of benzene rings is 2. The Kier molecular flexibility index (Phi) is 5.81. The number of aryl methyl sites for hydroxylation is 1. The van der Waals surface area contributed by atoms with Crippen LogP contribution in [0.15, 0.2) is 53.0 Å². The maximum Gasteiger partial charge on any atom is 0.417 e. The number of carbonyl (C=O) groups excluding carboxylic acids is 1. The van der Waals surface area contributed by atoms with Gasteiger partial charge in [0.25, 0.3) is 0 Å². The molecule has 0 atom stereocenters. The van der Waals surface area contributed by atoms with Gasteiger partial charge in [-0.05, 0) is 54.8 Å². The summed E-state index contributed by atoms with van der Waals surface area (Å²) in [6.07, 6.45) is 2.94. The van der Waals surface area contributed by atoms with Crippen molar-refractivity contribution in [2.45, 2.75) is 26.2 Å². The summed E-state index contributed by atoms with van der Waals surface area (Å²) >= 11 is 3.33. The fourth-order valence-corrected chi connectivity index (χ4v) is 2.15. The molecular weight excluding hydrogens is 330 g/mol. The van der Waals surface area contributed by atoms with Gasteiger partial charge < -0.3 is 4.74 Å². The largest absolute Gasteiger partial charge is 0.417 e. The van der Waals surface area contributed by atoms with Crippen LogP contribution in [0.25, 0.3) is 0 Å². The molecule has 0 bridgehead atoms. The molecule has 21 heavy (non-hydrogen) atoms. The zero-order valence-corrected chi connectivity index (χ0v) is 13.5. The van der Waals surface area contributed by atoms with Gasteiger partial charge in [-0.3, -0.25) is 5.32 Å². The van der Waals surface area contributed by atoms with Gasteiger partial charge in [-0.15, -0.1) is 0 Å². The topological polar surface area (TPSA) is 38.3 Å². The highest BCUT2D eigenvalue weighted by Gasteiger charge is 2.05. The highest BCUT2D eigenvalue weighted by molar-refractivity contribution is 9.10. The van der Waals surface area contributed by atoms with E-state index in [1.807, 2.05) is 36.4 Å². The van der Waals surface area contributed by atoms with E-state index in [1.165, 1.54) is 18.4 Å². The van der Waals surface area contributed by atoms with E-state index in [-0.39, 0.29) is 0 Å². The fraction of sp³-hybridized carbons (Fsp3) is 0.235. The molecule has 2 aromatic carbocycles. The second kappa shape index (κ2) is 7.84. The monoisotopic (exact) mass is 347 g/mol. The zero-order chi connectivity index (χ0) is 15.1. The van der Waals surface area contributed by atoms with Crippen molar-refractivity contribution in [3.05, 3.63) is 58.6 Å². The van der Waals surface area contributed by atoms with Crippen molar-refractivity contribution < 1.29 is 9.53 Å². The molecular formula is C17H18BrNO2. The van der Waals surface area contributed by atoms with Gasteiger partial charge in [0.2, 0.25) is 0 Å². The first-order valence-corrected chi connectivity index (χ1v) is 7.80. The number of hydrogen-bond donors (Lipinski definition) is 1. The van der Waals surface area contributed by atoms with Crippen molar-refractivity contribution in [2.24, 2.45) is 0 Å². The van der Waals surface area contributed by atoms with Gasteiger partial charge in [-0.1, -0.05) is 41.4 Å². The summed E-state index contributed by atoms with van der Waals surface area (Å²) in [5, 5.41) is 2.72. The van der Waals surface area contributed by atoms with Gasteiger partial charge in [-0.2, -0.15) is 0 Å². The highest BCUT2D eigenvalue weighted by atomic mass is 79.9. The second-order valence-electron chi connectivity index (χ2n) is 4.77. The van der Waals surface area contributed by atoms with Gasteiger partial charge >= 0.3 is 6.09 Å². The van der Waals surface area contributed by atoms with E-state index in [2.05, 4.69) is 28.2 Å². The van der Waals surface area contributed by atoms with Crippen molar-refractivity contribution in [1.82, 2.24) is 0 Å². The summed E-state index contributed by atoms with van der Waals surface area (Å²) in [4.78, 5) is 11.8. The lowest BCUT2D eigenvalue weighted by Crippen LogP contribution is -2.16. The predicted octanol–water partition coefficient (Wildman–Crippen LogP) is 5.40. The first-order chi connectivity index (χ1) is 10.2. The van der Waals surface area contributed by atoms with Gasteiger partial charge in [0.15, 0.2) is 0 Å². The average molecular weight is 348 g/mol. The van der Waals surface area contributed by atoms with E-state index in [0.717, 1.165) is 16.6 Å². The molecule has 0 fully saturated rings. The summed E-state index contributed by atoms with van der Waals surface area (Å²) in [6.45, 7) is 2.17. The SMILES string of the molecule is CCCCc1ccc(NC(=O)Oc2ccc(Br)cc2)cc1. The molecule has 0 saturated heterocycles. The molecule has 0 aliphatic heterocycles. The molecule has 2 aromatic rings. The Labute approximate surface area is 133 Å². The molecule has 0 aliphatic carbocycles. The van der Waals surface area contributed by atoms with Crippen LogP contribution in [0.5, 0.6) is 5.75 Å². The minimum Gasteiger partial charge on any atom is -0.410 e. The van der Waals surface area contributed by atoms with E-state index in [1.54, 1.807) is 12.1 Å². The Morgan fingerprint density at radius 2 is 1.76 bits per heavy atom. The molecule has 0 spiro atoms. The standard InChI is InChI=1S/C17H18BrNO2/c1-2-3-4-13-5-9-15(10-6-13)19-17(20)21-16-11-7-14(18)8-12-16/h5-12H,2-4H2,1H3,(H,19,20). The Balaban J connectivity index is 1.88. The van der Waals surface area contributed by atoms with Crippen LogP contribution >= 0.6 is 15.9 Å². The van der Waals surface area contributed by atoms with Crippen LogP contribution in [-0.4, -0.2) is 6.09 Å². The maximum absolute atomic E-state index is 11.8. The van der Waals surface area contributed by atoms with E-state index in [0.29, 0.717) is 5.75 Å². The molecule has 0 heterocycles. The number of anilines is 1. The number of nitrogens with one attached hydrogen (secondary N) is 1. The number of amides is 1. The Morgan fingerprint density at radius 3 is 2.38 bits per heavy atom. The molecule has 0 radical (unpaired) electrons. The van der Waals surface area contributed by atoms with Crippen molar-refractivity contribution in [3.8, 4) is 5.75 Å². The number of ether oxygens (including phenoxy) is 1. The molecule has 2 rings (SSSR count). The molecule has 1 amide bonds. The lowest BCUT2D eigenvalue weighted by atomic mass is 10.1. The number of carbonyl (C=O) groups is 1. The van der Waals surface area contributed by atoms with Crippen LogP contribution in [0.3, 0.4) is 0 Å². The van der Waals surface area contributed by atoms with E-state index in [9.17, 15) is 4.79 Å². The van der Waals surface area contributed by atoms with E-state index < -0.39 is 6.09 Å². The smallest absolute Gasteiger partial charge is 0.410 e. The number of hydrogen-bond acceptors (Lipinski definition) is 2. The number of halogens is 1. The highest BCUT2D eigenvalue weighted by Crippen LogP contribution is 2.17. The molecule has 0 unspecified atom stereocenters. The van der Waals surface area contributed by atoms with Gasteiger partial charge in [0, 0.05) is 10.2 Å². The Hall–Kier alpha value is -1.81. The van der Waals surface area contributed by atoms with Crippen molar-refractivity contribution in [3.63, 3.8) is 0 Å². The van der Waals surface area contributed by atoms with Crippen LogP contribution in [0, 0.1) is 0 Å². The minimum absolute atomic E-state index is 0.487. The van der Waals surface area contributed by atoms with Gasteiger partial charge in [0.1, 0.15) is 5.75 Å². The molecule has 110 valence electrons. The molecule has 0 aliphatic rings. The minimum atomic E-state index is -0.487. The fourth-order valence-electron chi connectivity index (χ4n) is 1.89. The Bertz CT molecular complexity index is 579. The lowest BCUT2D eigenvalue weighted by molar-refractivity contribution is 0.215. The molecule has 3 nitrogen and oxygen atoms in total. The predicted molar refractivity (Wildman–Crippen MR) is 88.8 cm³/mol. The third kappa shape index (κ3) is 5.23. The van der Waals surface area contributed by atoms with Crippen molar-refractivity contribution in [1.29, 1.82) is 0 Å². The number of unbranched alkanes of at least 4 members (excludes halogenated alkanes) is 1. The lowest BCUT2D eigenvalue weighted by Gasteiger charge is -2.07. The third-order valence-corrected chi connectivity index (χ3v) is 3.57. The number of rotatable bonds is 5. The first kappa shape index (κ1) is 15.6. The summed E-state index contributed by atoms with van der Waals surface area (Å²) in [6, 6.07) is 15.0. The maximum atomic E-state index is 11.8. The quantitative estimate of drug-likeness (QED) is 0.785. The summed E-state index contributed by atoms with van der Waals surface area (Å²) in [7, 11) is 0. The van der Waals surface area contributed by atoms with Crippen LogP contribution in [-0.2, 0) is 6.42 Å². The van der Waals surface area contributed by atoms with E-state index >= 15 is 0 Å². The van der Waals surface area contributed by atoms with Crippen molar-refractivity contribution in [2.75, 3.05) is 5.32 Å². The average Bonchev–Trinajstić information content (AvgIpc) is 2.49. The van der Waals surface area contributed by atoms with E-state index in [4.69, 9.17) is 4.74 Å². The normalized spacial score (nSPS) is 10.2.